The number of hydrogen-bond donors (Lipinski definition) is 2. The Morgan fingerprint density at radius 2 is 1.94 bits per heavy atom. The number of carbonyl (C=O) groups is 1. The number of carboxylic acid groups (broad SMARTS) is 1. The van der Waals surface area contributed by atoms with Gasteiger partial charge in [-0.3, -0.25) is 4.79 Å². The van der Waals surface area contributed by atoms with Gasteiger partial charge < -0.3 is 10.8 Å². The molecule has 17 heavy (non-hydrogen) atoms. The van der Waals surface area contributed by atoms with Crippen LogP contribution >= 0.6 is 0 Å². The number of hydrogen-bond acceptors (Lipinski definition) is 2. The van der Waals surface area contributed by atoms with Crippen LogP contribution in [0.25, 0.3) is 0 Å². The Labute approximate surface area is 103 Å². The first kappa shape index (κ1) is 13.7. The summed E-state index contributed by atoms with van der Waals surface area (Å²) in [6, 6.07) is 7.96. The summed E-state index contributed by atoms with van der Waals surface area (Å²) >= 11 is 0. The zero-order valence-electron chi connectivity index (χ0n) is 10.5. The Bertz CT molecular complexity index is 359. The van der Waals surface area contributed by atoms with Crippen LogP contribution in [0.4, 0.5) is 0 Å². The molecule has 0 spiro atoms. The van der Waals surface area contributed by atoms with Crippen molar-refractivity contribution in [3.8, 4) is 0 Å². The minimum atomic E-state index is -0.789. The van der Waals surface area contributed by atoms with Crippen LogP contribution in [0.15, 0.2) is 24.3 Å². The van der Waals surface area contributed by atoms with Crippen molar-refractivity contribution in [3.05, 3.63) is 35.4 Å². The summed E-state index contributed by atoms with van der Waals surface area (Å²) < 4.78 is 0. The summed E-state index contributed by atoms with van der Waals surface area (Å²) in [4.78, 5) is 10.7. The number of carboxylic acids is 1. The normalized spacial score (nSPS) is 14.3. The average molecular weight is 235 g/mol. The third-order valence-corrected chi connectivity index (χ3v) is 2.98. The zero-order chi connectivity index (χ0) is 12.8. The third kappa shape index (κ3) is 4.19. The predicted molar refractivity (Wildman–Crippen MR) is 68.8 cm³/mol. The monoisotopic (exact) mass is 235 g/mol. The van der Waals surface area contributed by atoms with Crippen molar-refractivity contribution < 1.29 is 9.90 Å². The highest BCUT2D eigenvalue weighted by atomic mass is 16.4. The second-order valence-corrected chi connectivity index (χ2v) is 4.57. The first-order chi connectivity index (χ1) is 8.04. The fourth-order valence-electron chi connectivity index (χ4n) is 1.84. The standard InChI is InChI=1S/C14H21NO2/c1-3-4-11-5-7-12(8-6-11)13(15)9-10(2)14(16)17/h5-8,10,13H,3-4,9,15H2,1-2H3,(H,16,17). The molecule has 0 fully saturated rings. The minimum Gasteiger partial charge on any atom is -0.481 e. The maximum absolute atomic E-state index is 10.7. The van der Waals surface area contributed by atoms with Gasteiger partial charge in [-0.2, -0.15) is 0 Å². The molecule has 0 radical (unpaired) electrons. The highest BCUT2D eigenvalue weighted by Gasteiger charge is 2.16. The minimum absolute atomic E-state index is 0.197. The molecule has 0 aromatic heterocycles. The van der Waals surface area contributed by atoms with Crippen LogP contribution in [0.1, 0.15) is 43.9 Å². The lowest BCUT2D eigenvalue weighted by Crippen LogP contribution is -2.19. The number of rotatable bonds is 6. The van der Waals surface area contributed by atoms with Crippen LogP contribution in [-0.2, 0) is 11.2 Å². The quantitative estimate of drug-likeness (QED) is 0.797. The smallest absolute Gasteiger partial charge is 0.306 e. The SMILES string of the molecule is CCCc1ccc(C(N)CC(C)C(=O)O)cc1. The molecule has 0 saturated heterocycles. The molecule has 0 saturated carbocycles. The van der Waals surface area contributed by atoms with Crippen molar-refractivity contribution in [3.63, 3.8) is 0 Å². The van der Waals surface area contributed by atoms with Gasteiger partial charge in [0.25, 0.3) is 0 Å². The van der Waals surface area contributed by atoms with E-state index >= 15 is 0 Å². The Balaban J connectivity index is 2.63. The first-order valence-electron chi connectivity index (χ1n) is 6.11. The predicted octanol–water partition coefficient (Wildman–Crippen LogP) is 2.75. The van der Waals surface area contributed by atoms with Crippen molar-refractivity contribution in [2.75, 3.05) is 0 Å². The van der Waals surface area contributed by atoms with E-state index in [0.717, 1.165) is 18.4 Å². The topological polar surface area (TPSA) is 63.3 Å². The molecule has 2 atom stereocenters. The van der Waals surface area contributed by atoms with E-state index in [0.29, 0.717) is 6.42 Å². The summed E-state index contributed by atoms with van der Waals surface area (Å²) in [5, 5.41) is 8.84. The Kier molecular flexibility index (Phi) is 5.16. The van der Waals surface area contributed by atoms with E-state index < -0.39 is 11.9 Å². The third-order valence-electron chi connectivity index (χ3n) is 2.98. The first-order valence-corrected chi connectivity index (χ1v) is 6.11. The number of aryl methyl sites for hydroxylation is 1. The second kappa shape index (κ2) is 6.40. The summed E-state index contributed by atoms with van der Waals surface area (Å²) in [7, 11) is 0. The molecule has 1 rings (SSSR count). The van der Waals surface area contributed by atoms with Crippen molar-refractivity contribution in [1.82, 2.24) is 0 Å². The van der Waals surface area contributed by atoms with Gasteiger partial charge in [0.15, 0.2) is 0 Å². The van der Waals surface area contributed by atoms with E-state index in [1.165, 1.54) is 5.56 Å². The van der Waals surface area contributed by atoms with Crippen molar-refractivity contribution >= 4 is 5.97 Å². The molecule has 0 bridgehead atoms. The molecular weight excluding hydrogens is 214 g/mol. The molecule has 0 heterocycles. The molecule has 3 heteroatoms. The van der Waals surface area contributed by atoms with Gasteiger partial charge in [0.05, 0.1) is 5.92 Å². The van der Waals surface area contributed by atoms with Crippen LogP contribution in [0.3, 0.4) is 0 Å². The molecular formula is C14H21NO2. The average Bonchev–Trinajstić information content (AvgIpc) is 2.30. The van der Waals surface area contributed by atoms with Crippen molar-refractivity contribution in [2.45, 2.75) is 39.2 Å². The molecule has 0 aliphatic heterocycles. The molecule has 0 aliphatic rings. The van der Waals surface area contributed by atoms with E-state index in [4.69, 9.17) is 10.8 Å². The fraction of sp³-hybridized carbons (Fsp3) is 0.500. The van der Waals surface area contributed by atoms with E-state index in [1.807, 2.05) is 12.1 Å². The molecule has 94 valence electrons. The summed E-state index contributed by atoms with van der Waals surface area (Å²) in [6.07, 6.45) is 2.67. The van der Waals surface area contributed by atoms with Gasteiger partial charge in [0.1, 0.15) is 0 Å². The molecule has 2 unspecified atom stereocenters. The number of benzene rings is 1. The van der Waals surface area contributed by atoms with Crippen molar-refractivity contribution in [1.29, 1.82) is 0 Å². The summed E-state index contributed by atoms with van der Waals surface area (Å²) in [5.41, 5.74) is 8.31. The fourth-order valence-corrected chi connectivity index (χ4v) is 1.84. The van der Waals surface area contributed by atoms with Crippen LogP contribution < -0.4 is 5.73 Å². The van der Waals surface area contributed by atoms with Gasteiger partial charge in [-0.1, -0.05) is 44.5 Å². The van der Waals surface area contributed by atoms with Gasteiger partial charge in [0, 0.05) is 6.04 Å². The molecule has 3 N–H and O–H groups in total. The molecule has 0 aliphatic carbocycles. The van der Waals surface area contributed by atoms with E-state index in [2.05, 4.69) is 19.1 Å². The Morgan fingerprint density at radius 3 is 2.41 bits per heavy atom. The van der Waals surface area contributed by atoms with E-state index in [1.54, 1.807) is 6.92 Å². The molecule has 0 amide bonds. The van der Waals surface area contributed by atoms with Gasteiger partial charge in [0.2, 0.25) is 0 Å². The molecule has 3 nitrogen and oxygen atoms in total. The van der Waals surface area contributed by atoms with Crippen LogP contribution in [-0.4, -0.2) is 11.1 Å². The summed E-state index contributed by atoms with van der Waals surface area (Å²) in [5.74, 6) is -1.19. The number of nitrogens with two attached hydrogens (primary N) is 1. The zero-order valence-corrected chi connectivity index (χ0v) is 10.5. The lowest BCUT2D eigenvalue weighted by Gasteiger charge is -2.15. The van der Waals surface area contributed by atoms with Gasteiger partial charge in [-0.05, 0) is 24.0 Å². The maximum atomic E-state index is 10.7. The second-order valence-electron chi connectivity index (χ2n) is 4.57. The maximum Gasteiger partial charge on any atom is 0.306 e. The van der Waals surface area contributed by atoms with Gasteiger partial charge in [-0.25, -0.2) is 0 Å². The van der Waals surface area contributed by atoms with Crippen LogP contribution in [0.2, 0.25) is 0 Å². The molecule has 1 aromatic rings. The number of aliphatic carboxylic acids is 1. The largest absolute Gasteiger partial charge is 0.481 e. The lowest BCUT2D eigenvalue weighted by molar-refractivity contribution is -0.141. The van der Waals surface area contributed by atoms with Gasteiger partial charge >= 0.3 is 5.97 Å². The highest BCUT2D eigenvalue weighted by Crippen LogP contribution is 2.19. The molecule has 1 aromatic carbocycles. The lowest BCUT2D eigenvalue weighted by atomic mass is 9.95. The Morgan fingerprint density at radius 1 is 1.35 bits per heavy atom. The highest BCUT2D eigenvalue weighted by molar-refractivity contribution is 5.69. The van der Waals surface area contributed by atoms with Crippen molar-refractivity contribution in [2.24, 2.45) is 11.7 Å². The summed E-state index contributed by atoms with van der Waals surface area (Å²) in [6.45, 7) is 3.84. The van der Waals surface area contributed by atoms with Crippen LogP contribution in [0.5, 0.6) is 0 Å². The van der Waals surface area contributed by atoms with E-state index in [9.17, 15) is 4.79 Å². The van der Waals surface area contributed by atoms with Gasteiger partial charge in [-0.15, -0.1) is 0 Å². The Hall–Kier alpha value is -1.35. The van der Waals surface area contributed by atoms with E-state index in [-0.39, 0.29) is 6.04 Å². The van der Waals surface area contributed by atoms with Crippen LogP contribution in [0, 0.1) is 5.92 Å².